The number of benzene rings is 1. The van der Waals surface area contributed by atoms with Crippen LogP contribution in [0.3, 0.4) is 0 Å². The number of carbonyl (C=O) groups excluding carboxylic acids is 2. The normalized spacial score (nSPS) is 18.6. The van der Waals surface area contributed by atoms with Crippen LogP contribution in [-0.4, -0.2) is 42.8 Å². The molecule has 0 saturated carbocycles. The second kappa shape index (κ2) is 9.04. The summed E-state index contributed by atoms with van der Waals surface area (Å²) in [7, 11) is 0. The van der Waals surface area contributed by atoms with Gasteiger partial charge in [-0.1, -0.05) is 30.7 Å². The third kappa shape index (κ3) is 5.96. The molecule has 5 heteroatoms. The SMILES string of the molecule is CCC(=O)C1CCCN(CC(=O)NCCc2cccc(Cl)c2)C1. The minimum atomic E-state index is 0.0247. The van der Waals surface area contributed by atoms with Crippen molar-refractivity contribution in [3.63, 3.8) is 0 Å². The predicted molar refractivity (Wildman–Crippen MR) is 92.6 cm³/mol. The van der Waals surface area contributed by atoms with Gasteiger partial charge in [0.1, 0.15) is 5.78 Å². The fourth-order valence-corrected chi connectivity index (χ4v) is 3.26. The molecule has 1 fully saturated rings. The Morgan fingerprint density at radius 3 is 2.96 bits per heavy atom. The Morgan fingerprint density at radius 1 is 1.39 bits per heavy atom. The van der Waals surface area contributed by atoms with Crippen molar-refractivity contribution in [2.75, 3.05) is 26.2 Å². The third-order valence-electron chi connectivity index (χ3n) is 4.30. The molecule has 23 heavy (non-hydrogen) atoms. The van der Waals surface area contributed by atoms with Crippen molar-refractivity contribution < 1.29 is 9.59 Å². The first kappa shape index (κ1) is 18.0. The Balaban J connectivity index is 1.71. The van der Waals surface area contributed by atoms with Crippen LogP contribution in [0.5, 0.6) is 0 Å². The van der Waals surface area contributed by atoms with Crippen LogP contribution < -0.4 is 5.32 Å². The molecule has 1 saturated heterocycles. The number of rotatable bonds is 7. The van der Waals surface area contributed by atoms with Crippen LogP contribution in [0.1, 0.15) is 31.7 Å². The number of piperidine rings is 1. The van der Waals surface area contributed by atoms with Crippen molar-refractivity contribution in [3.05, 3.63) is 34.9 Å². The number of nitrogens with zero attached hydrogens (tertiary/aromatic N) is 1. The monoisotopic (exact) mass is 336 g/mol. The van der Waals surface area contributed by atoms with Crippen molar-refractivity contribution in [2.24, 2.45) is 5.92 Å². The molecule has 0 spiro atoms. The summed E-state index contributed by atoms with van der Waals surface area (Å²) in [4.78, 5) is 26.0. The summed E-state index contributed by atoms with van der Waals surface area (Å²) in [5, 5.41) is 3.66. The number of nitrogens with one attached hydrogen (secondary N) is 1. The van der Waals surface area contributed by atoms with Crippen LogP contribution in [0.25, 0.3) is 0 Å². The average Bonchev–Trinajstić information content (AvgIpc) is 2.54. The van der Waals surface area contributed by atoms with Gasteiger partial charge in [-0.25, -0.2) is 0 Å². The van der Waals surface area contributed by atoms with Gasteiger partial charge in [-0.05, 0) is 43.5 Å². The number of amides is 1. The lowest BCUT2D eigenvalue weighted by molar-refractivity contribution is -0.127. The second-order valence-electron chi connectivity index (χ2n) is 6.12. The van der Waals surface area contributed by atoms with Crippen LogP contribution in [0, 0.1) is 5.92 Å². The Hall–Kier alpha value is -1.39. The number of likely N-dealkylation sites (tertiary alicyclic amines) is 1. The summed E-state index contributed by atoms with van der Waals surface area (Å²) in [6, 6.07) is 7.68. The highest BCUT2D eigenvalue weighted by Crippen LogP contribution is 2.18. The second-order valence-corrected chi connectivity index (χ2v) is 6.56. The van der Waals surface area contributed by atoms with E-state index >= 15 is 0 Å². The van der Waals surface area contributed by atoms with E-state index in [0.717, 1.165) is 31.4 Å². The molecule has 1 aliphatic heterocycles. The lowest BCUT2D eigenvalue weighted by Crippen LogP contribution is -2.44. The largest absolute Gasteiger partial charge is 0.355 e. The van der Waals surface area contributed by atoms with E-state index in [1.165, 1.54) is 0 Å². The molecule has 4 nitrogen and oxygen atoms in total. The third-order valence-corrected chi connectivity index (χ3v) is 4.54. The molecule has 2 rings (SSSR count). The van der Waals surface area contributed by atoms with E-state index in [0.29, 0.717) is 36.9 Å². The van der Waals surface area contributed by atoms with E-state index in [-0.39, 0.29) is 11.8 Å². The molecule has 1 aliphatic rings. The number of hydrogen-bond donors (Lipinski definition) is 1. The van der Waals surface area contributed by atoms with Crippen molar-refractivity contribution in [1.29, 1.82) is 0 Å². The predicted octanol–water partition coefficient (Wildman–Crippen LogP) is 2.69. The van der Waals surface area contributed by atoms with E-state index < -0.39 is 0 Å². The zero-order chi connectivity index (χ0) is 16.7. The first-order chi connectivity index (χ1) is 11.1. The van der Waals surface area contributed by atoms with E-state index in [9.17, 15) is 9.59 Å². The van der Waals surface area contributed by atoms with Gasteiger partial charge in [0, 0.05) is 30.5 Å². The Bertz CT molecular complexity index is 548. The molecule has 1 aromatic carbocycles. The van der Waals surface area contributed by atoms with Gasteiger partial charge in [-0.3, -0.25) is 14.5 Å². The molecule has 0 bridgehead atoms. The summed E-state index contributed by atoms with van der Waals surface area (Å²) in [6.45, 7) is 4.50. The van der Waals surface area contributed by atoms with Gasteiger partial charge in [0.2, 0.25) is 5.91 Å². The van der Waals surface area contributed by atoms with Gasteiger partial charge in [0.25, 0.3) is 0 Å². The van der Waals surface area contributed by atoms with E-state index in [2.05, 4.69) is 10.2 Å². The standard InChI is InChI=1S/C18H25ClN2O2/c1-2-17(22)15-6-4-10-21(12-15)13-18(23)20-9-8-14-5-3-7-16(19)11-14/h3,5,7,11,15H,2,4,6,8-10,12-13H2,1H3,(H,20,23). The number of halogens is 1. The summed E-state index contributed by atoms with van der Waals surface area (Å²) in [5.74, 6) is 0.445. The average molecular weight is 337 g/mol. The fraction of sp³-hybridized carbons (Fsp3) is 0.556. The van der Waals surface area contributed by atoms with Gasteiger partial charge < -0.3 is 5.32 Å². The zero-order valence-corrected chi connectivity index (χ0v) is 14.4. The minimum Gasteiger partial charge on any atom is -0.355 e. The summed E-state index contributed by atoms with van der Waals surface area (Å²) >= 11 is 5.94. The number of Topliss-reactive ketones (excluding diaryl/α,β-unsaturated/α-hetero) is 1. The van der Waals surface area contributed by atoms with Crippen molar-refractivity contribution in [3.8, 4) is 0 Å². The Morgan fingerprint density at radius 2 is 2.22 bits per heavy atom. The Kier molecular flexibility index (Phi) is 7.06. The van der Waals surface area contributed by atoms with E-state index in [1.807, 2.05) is 31.2 Å². The quantitative estimate of drug-likeness (QED) is 0.833. The number of hydrogen-bond acceptors (Lipinski definition) is 3. The molecular formula is C18H25ClN2O2. The highest BCUT2D eigenvalue weighted by atomic mass is 35.5. The maximum absolute atomic E-state index is 12.1. The first-order valence-corrected chi connectivity index (χ1v) is 8.72. The lowest BCUT2D eigenvalue weighted by atomic mass is 9.92. The van der Waals surface area contributed by atoms with Crippen LogP contribution in [0.4, 0.5) is 0 Å². The van der Waals surface area contributed by atoms with Crippen LogP contribution in [0.2, 0.25) is 5.02 Å². The first-order valence-electron chi connectivity index (χ1n) is 8.34. The molecule has 1 amide bonds. The van der Waals surface area contributed by atoms with E-state index in [4.69, 9.17) is 11.6 Å². The molecule has 126 valence electrons. The Labute approximate surface area is 143 Å². The van der Waals surface area contributed by atoms with Gasteiger partial charge in [-0.2, -0.15) is 0 Å². The van der Waals surface area contributed by atoms with Gasteiger partial charge >= 0.3 is 0 Å². The van der Waals surface area contributed by atoms with Crippen molar-refractivity contribution >= 4 is 23.3 Å². The summed E-state index contributed by atoms with van der Waals surface area (Å²) in [5.41, 5.74) is 1.12. The molecule has 0 aliphatic carbocycles. The molecule has 1 heterocycles. The molecule has 1 unspecified atom stereocenters. The van der Waals surface area contributed by atoms with Crippen molar-refractivity contribution in [1.82, 2.24) is 10.2 Å². The van der Waals surface area contributed by atoms with Gasteiger partial charge in [0.15, 0.2) is 0 Å². The van der Waals surface area contributed by atoms with Gasteiger partial charge in [-0.15, -0.1) is 0 Å². The van der Waals surface area contributed by atoms with Gasteiger partial charge in [0.05, 0.1) is 6.54 Å². The van der Waals surface area contributed by atoms with E-state index in [1.54, 1.807) is 0 Å². The molecule has 0 radical (unpaired) electrons. The molecule has 1 atom stereocenters. The molecule has 1 aromatic rings. The number of carbonyl (C=O) groups is 2. The van der Waals surface area contributed by atoms with Crippen LogP contribution in [-0.2, 0) is 16.0 Å². The maximum atomic E-state index is 12.1. The summed E-state index contributed by atoms with van der Waals surface area (Å²) in [6.07, 6.45) is 3.30. The lowest BCUT2D eigenvalue weighted by Gasteiger charge is -2.31. The number of ketones is 1. The summed E-state index contributed by atoms with van der Waals surface area (Å²) < 4.78 is 0. The highest BCUT2D eigenvalue weighted by molar-refractivity contribution is 6.30. The van der Waals surface area contributed by atoms with Crippen LogP contribution in [0.15, 0.2) is 24.3 Å². The smallest absolute Gasteiger partial charge is 0.234 e. The van der Waals surface area contributed by atoms with Crippen LogP contribution >= 0.6 is 11.6 Å². The maximum Gasteiger partial charge on any atom is 0.234 e. The minimum absolute atomic E-state index is 0.0247. The molecule has 0 aromatic heterocycles. The highest BCUT2D eigenvalue weighted by Gasteiger charge is 2.25. The topological polar surface area (TPSA) is 49.4 Å². The zero-order valence-electron chi connectivity index (χ0n) is 13.7. The van der Waals surface area contributed by atoms with Crippen molar-refractivity contribution in [2.45, 2.75) is 32.6 Å². The molecular weight excluding hydrogens is 312 g/mol. The fourth-order valence-electron chi connectivity index (χ4n) is 3.05. The molecule has 1 N–H and O–H groups in total.